The largest absolute Gasteiger partial charge is 0.496 e. The van der Waals surface area contributed by atoms with Crippen LogP contribution in [0.3, 0.4) is 0 Å². The van der Waals surface area contributed by atoms with Crippen molar-refractivity contribution in [1.29, 1.82) is 0 Å². The molecule has 1 aromatic carbocycles. The second-order valence-corrected chi connectivity index (χ2v) is 5.93. The number of hydrogen-bond acceptors (Lipinski definition) is 2. The van der Waals surface area contributed by atoms with E-state index >= 15 is 0 Å². The summed E-state index contributed by atoms with van der Waals surface area (Å²) in [6.07, 6.45) is 2.50. The molecule has 1 aromatic rings. The van der Waals surface area contributed by atoms with Gasteiger partial charge in [0.15, 0.2) is 0 Å². The number of benzene rings is 1. The molecule has 102 valence electrons. The van der Waals surface area contributed by atoms with E-state index in [4.69, 9.17) is 4.74 Å². The second-order valence-electron chi connectivity index (χ2n) is 4.29. The standard InChI is InChI=1S/C14H21Br2NO/c1-3-4-8-17(9-7-15)11-12-5-6-14(18-2)13(16)10-12/h5-6,10H,3-4,7-9,11H2,1-2H3. The van der Waals surface area contributed by atoms with Crippen LogP contribution in [-0.4, -0.2) is 30.4 Å². The average molecular weight is 379 g/mol. The zero-order chi connectivity index (χ0) is 13.4. The van der Waals surface area contributed by atoms with Crippen molar-refractivity contribution >= 4 is 31.9 Å². The van der Waals surface area contributed by atoms with Gasteiger partial charge in [-0.25, -0.2) is 0 Å². The first-order valence-electron chi connectivity index (χ1n) is 6.32. The molecule has 0 unspecified atom stereocenters. The Morgan fingerprint density at radius 3 is 2.61 bits per heavy atom. The number of hydrogen-bond donors (Lipinski definition) is 0. The first-order chi connectivity index (χ1) is 8.71. The molecule has 0 aliphatic carbocycles. The van der Waals surface area contributed by atoms with Crippen LogP contribution in [0.1, 0.15) is 25.3 Å². The quantitative estimate of drug-likeness (QED) is 0.619. The number of methoxy groups -OCH3 is 1. The van der Waals surface area contributed by atoms with Crippen LogP contribution in [0, 0.1) is 0 Å². The Morgan fingerprint density at radius 1 is 1.28 bits per heavy atom. The Kier molecular flexibility index (Phi) is 7.95. The van der Waals surface area contributed by atoms with Crippen molar-refractivity contribution in [3.8, 4) is 5.75 Å². The van der Waals surface area contributed by atoms with Crippen LogP contribution in [0.2, 0.25) is 0 Å². The van der Waals surface area contributed by atoms with Crippen molar-refractivity contribution < 1.29 is 4.74 Å². The van der Waals surface area contributed by atoms with Gasteiger partial charge in [0.05, 0.1) is 11.6 Å². The summed E-state index contributed by atoms with van der Waals surface area (Å²) in [5.74, 6) is 0.888. The number of alkyl halides is 1. The highest BCUT2D eigenvalue weighted by Gasteiger charge is 2.07. The molecule has 0 atom stereocenters. The predicted molar refractivity (Wildman–Crippen MR) is 84.7 cm³/mol. The van der Waals surface area contributed by atoms with Gasteiger partial charge < -0.3 is 4.74 Å². The Bertz CT molecular complexity index is 358. The van der Waals surface area contributed by atoms with Gasteiger partial charge in [-0.3, -0.25) is 4.90 Å². The molecule has 0 radical (unpaired) electrons. The third kappa shape index (κ3) is 5.29. The third-order valence-corrected chi connectivity index (χ3v) is 3.83. The van der Waals surface area contributed by atoms with Crippen molar-refractivity contribution in [2.45, 2.75) is 26.3 Å². The van der Waals surface area contributed by atoms with Crippen molar-refractivity contribution in [2.24, 2.45) is 0 Å². The van der Waals surface area contributed by atoms with E-state index in [1.54, 1.807) is 7.11 Å². The van der Waals surface area contributed by atoms with E-state index in [1.807, 2.05) is 6.07 Å². The molecular weight excluding hydrogens is 358 g/mol. The van der Waals surface area contributed by atoms with Gasteiger partial charge in [-0.05, 0) is 46.6 Å². The topological polar surface area (TPSA) is 12.5 Å². The van der Waals surface area contributed by atoms with Crippen LogP contribution in [0.25, 0.3) is 0 Å². The number of ether oxygens (including phenoxy) is 1. The van der Waals surface area contributed by atoms with Gasteiger partial charge in [0, 0.05) is 18.4 Å². The van der Waals surface area contributed by atoms with Crippen molar-refractivity contribution in [3.63, 3.8) is 0 Å². The fraction of sp³-hybridized carbons (Fsp3) is 0.571. The van der Waals surface area contributed by atoms with Crippen LogP contribution in [-0.2, 0) is 6.54 Å². The lowest BCUT2D eigenvalue weighted by atomic mass is 10.2. The molecule has 0 aromatic heterocycles. The molecule has 0 aliphatic rings. The summed E-state index contributed by atoms with van der Waals surface area (Å²) in [5, 5.41) is 1.02. The fourth-order valence-electron chi connectivity index (χ4n) is 1.84. The van der Waals surface area contributed by atoms with Crippen molar-refractivity contribution in [2.75, 3.05) is 25.5 Å². The molecule has 18 heavy (non-hydrogen) atoms. The molecule has 0 aliphatic heterocycles. The maximum absolute atomic E-state index is 5.25. The number of nitrogens with zero attached hydrogens (tertiary/aromatic N) is 1. The first-order valence-corrected chi connectivity index (χ1v) is 8.23. The molecule has 0 N–H and O–H groups in total. The number of unbranched alkanes of at least 4 members (excludes halogenated alkanes) is 1. The van der Waals surface area contributed by atoms with Gasteiger partial charge in [0.2, 0.25) is 0 Å². The summed E-state index contributed by atoms with van der Waals surface area (Å²) in [6, 6.07) is 6.30. The molecule has 0 heterocycles. The van der Waals surface area contributed by atoms with Crippen LogP contribution in [0.4, 0.5) is 0 Å². The zero-order valence-corrected chi connectivity index (χ0v) is 14.3. The van der Waals surface area contributed by atoms with Gasteiger partial charge in [0.25, 0.3) is 0 Å². The second kappa shape index (κ2) is 8.94. The minimum atomic E-state index is 0.888. The van der Waals surface area contributed by atoms with E-state index in [2.05, 4.69) is 55.8 Å². The van der Waals surface area contributed by atoms with E-state index in [0.29, 0.717) is 0 Å². The summed E-state index contributed by atoms with van der Waals surface area (Å²) >= 11 is 7.06. The molecule has 0 bridgehead atoms. The summed E-state index contributed by atoms with van der Waals surface area (Å²) in [7, 11) is 1.69. The Labute approximate surface area is 127 Å². The van der Waals surface area contributed by atoms with E-state index in [9.17, 15) is 0 Å². The van der Waals surface area contributed by atoms with Crippen molar-refractivity contribution in [3.05, 3.63) is 28.2 Å². The third-order valence-electron chi connectivity index (χ3n) is 2.85. The summed E-state index contributed by atoms with van der Waals surface area (Å²) < 4.78 is 6.27. The molecule has 2 nitrogen and oxygen atoms in total. The summed E-state index contributed by atoms with van der Waals surface area (Å²) in [4.78, 5) is 2.48. The molecule has 0 saturated carbocycles. The maximum Gasteiger partial charge on any atom is 0.133 e. The minimum Gasteiger partial charge on any atom is -0.496 e. The van der Waals surface area contributed by atoms with Crippen LogP contribution < -0.4 is 4.74 Å². The lowest BCUT2D eigenvalue weighted by Gasteiger charge is -2.21. The molecule has 0 fully saturated rings. The van der Waals surface area contributed by atoms with Gasteiger partial charge in [-0.15, -0.1) is 0 Å². The first kappa shape index (κ1) is 16.0. The van der Waals surface area contributed by atoms with E-state index in [1.165, 1.54) is 18.4 Å². The summed E-state index contributed by atoms with van der Waals surface area (Å²) in [5.41, 5.74) is 1.32. The van der Waals surface area contributed by atoms with Crippen LogP contribution in [0.5, 0.6) is 5.75 Å². The van der Waals surface area contributed by atoms with Gasteiger partial charge >= 0.3 is 0 Å². The summed E-state index contributed by atoms with van der Waals surface area (Å²) in [6.45, 7) is 5.47. The van der Waals surface area contributed by atoms with Gasteiger partial charge in [-0.2, -0.15) is 0 Å². The highest BCUT2D eigenvalue weighted by molar-refractivity contribution is 9.10. The van der Waals surface area contributed by atoms with E-state index in [-0.39, 0.29) is 0 Å². The minimum absolute atomic E-state index is 0.888. The molecule has 0 saturated heterocycles. The fourth-order valence-corrected chi connectivity index (χ4v) is 2.93. The molecule has 0 spiro atoms. The lowest BCUT2D eigenvalue weighted by molar-refractivity contribution is 0.278. The predicted octanol–water partition coefficient (Wildman–Crippen LogP) is 4.45. The van der Waals surface area contributed by atoms with E-state index in [0.717, 1.165) is 35.2 Å². The Morgan fingerprint density at radius 2 is 2.06 bits per heavy atom. The van der Waals surface area contributed by atoms with Gasteiger partial charge in [0.1, 0.15) is 5.75 Å². The van der Waals surface area contributed by atoms with Crippen LogP contribution in [0.15, 0.2) is 22.7 Å². The number of rotatable bonds is 8. The van der Waals surface area contributed by atoms with Crippen molar-refractivity contribution in [1.82, 2.24) is 4.90 Å². The van der Waals surface area contributed by atoms with E-state index < -0.39 is 0 Å². The smallest absolute Gasteiger partial charge is 0.133 e. The highest BCUT2D eigenvalue weighted by Crippen LogP contribution is 2.26. The number of halogens is 2. The van der Waals surface area contributed by atoms with Crippen LogP contribution >= 0.6 is 31.9 Å². The zero-order valence-electron chi connectivity index (χ0n) is 11.1. The molecule has 0 amide bonds. The molecule has 4 heteroatoms. The Hall–Kier alpha value is -0.0600. The lowest BCUT2D eigenvalue weighted by Crippen LogP contribution is -2.26. The molecular formula is C14H21Br2NO. The maximum atomic E-state index is 5.25. The Balaban J connectivity index is 2.64. The molecule has 1 rings (SSSR count). The van der Waals surface area contributed by atoms with Gasteiger partial charge in [-0.1, -0.05) is 35.3 Å². The highest BCUT2D eigenvalue weighted by atomic mass is 79.9. The average Bonchev–Trinajstić information content (AvgIpc) is 2.36. The normalized spacial score (nSPS) is 10.9. The SMILES string of the molecule is CCCCN(CCBr)Cc1ccc(OC)c(Br)c1. The monoisotopic (exact) mass is 377 g/mol.